The molecule has 0 saturated carbocycles. The van der Waals surface area contributed by atoms with E-state index in [4.69, 9.17) is 0 Å². The topological polar surface area (TPSA) is 15.3 Å². The number of unbranched alkanes of at least 4 members (excludes halogenated alkanes) is 1. The van der Waals surface area contributed by atoms with Gasteiger partial charge in [0.05, 0.1) is 0 Å². The number of hydrogen-bond donors (Lipinski definition) is 1. The lowest BCUT2D eigenvalue weighted by atomic mass is 10.00. The van der Waals surface area contributed by atoms with E-state index in [9.17, 15) is 0 Å². The van der Waals surface area contributed by atoms with Gasteiger partial charge in [-0.05, 0) is 44.5 Å². The maximum atomic E-state index is 3.81. The molecule has 1 heterocycles. The number of nitrogens with one attached hydrogen (secondary N) is 1. The molecule has 2 heteroatoms. The molecule has 0 radical (unpaired) electrons. The summed E-state index contributed by atoms with van der Waals surface area (Å²) in [7, 11) is 2.23. The average molecular weight is 260 g/mol. The highest BCUT2D eigenvalue weighted by Crippen LogP contribution is 2.21. The van der Waals surface area contributed by atoms with E-state index in [1.54, 1.807) is 0 Å². The van der Waals surface area contributed by atoms with Crippen LogP contribution in [0.2, 0.25) is 0 Å². The van der Waals surface area contributed by atoms with Crippen LogP contribution in [0.4, 0.5) is 0 Å². The zero-order valence-electron chi connectivity index (χ0n) is 12.4. The van der Waals surface area contributed by atoms with Crippen LogP contribution in [0.15, 0.2) is 30.3 Å². The summed E-state index contributed by atoms with van der Waals surface area (Å²) in [6.07, 6.45) is 5.18. The minimum absolute atomic E-state index is 0.534. The third-order valence-corrected chi connectivity index (χ3v) is 4.19. The summed E-state index contributed by atoms with van der Waals surface area (Å²) in [6, 6.07) is 11.5. The van der Waals surface area contributed by atoms with E-state index in [1.165, 1.54) is 44.3 Å². The molecule has 1 fully saturated rings. The fourth-order valence-corrected chi connectivity index (χ4v) is 2.98. The van der Waals surface area contributed by atoms with Crippen LogP contribution in [-0.2, 0) is 0 Å². The molecule has 1 aromatic carbocycles. The lowest BCUT2D eigenvalue weighted by molar-refractivity contribution is 0.373. The van der Waals surface area contributed by atoms with Crippen molar-refractivity contribution in [2.75, 3.05) is 26.7 Å². The van der Waals surface area contributed by atoms with Crippen molar-refractivity contribution >= 4 is 0 Å². The summed E-state index contributed by atoms with van der Waals surface area (Å²) in [4.78, 5) is 2.44. The molecule has 1 aromatic rings. The van der Waals surface area contributed by atoms with Gasteiger partial charge in [-0.25, -0.2) is 0 Å². The molecule has 2 unspecified atom stereocenters. The molecular weight excluding hydrogens is 232 g/mol. The van der Waals surface area contributed by atoms with Gasteiger partial charge in [-0.3, -0.25) is 0 Å². The number of nitrogens with zero attached hydrogens (tertiary/aromatic N) is 1. The van der Waals surface area contributed by atoms with Gasteiger partial charge in [0.15, 0.2) is 0 Å². The van der Waals surface area contributed by atoms with Gasteiger partial charge in [-0.15, -0.1) is 0 Å². The van der Waals surface area contributed by atoms with E-state index >= 15 is 0 Å². The molecule has 0 aliphatic carbocycles. The predicted molar refractivity (Wildman–Crippen MR) is 82.3 cm³/mol. The molecule has 1 aliphatic rings. The van der Waals surface area contributed by atoms with E-state index < -0.39 is 0 Å². The Bertz CT molecular complexity index is 350. The smallest absolute Gasteiger partial charge is 0.0320 e. The van der Waals surface area contributed by atoms with Crippen LogP contribution in [0.3, 0.4) is 0 Å². The zero-order chi connectivity index (χ0) is 13.5. The van der Waals surface area contributed by atoms with Gasteiger partial charge in [0, 0.05) is 12.6 Å². The van der Waals surface area contributed by atoms with Crippen LogP contribution in [0.1, 0.15) is 44.2 Å². The van der Waals surface area contributed by atoms with Gasteiger partial charge in [0.2, 0.25) is 0 Å². The van der Waals surface area contributed by atoms with Crippen molar-refractivity contribution in [1.82, 2.24) is 10.2 Å². The normalized spacial score (nSPS) is 21.7. The zero-order valence-corrected chi connectivity index (χ0v) is 12.4. The van der Waals surface area contributed by atoms with E-state index in [0.29, 0.717) is 6.04 Å². The maximum Gasteiger partial charge on any atom is 0.0320 e. The Hall–Kier alpha value is -0.860. The van der Waals surface area contributed by atoms with Crippen molar-refractivity contribution in [3.8, 4) is 0 Å². The molecule has 1 N–H and O–H groups in total. The summed E-state index contributed by atoms with van der Waals surface area (Å²) in [5.41, 5.74) is 1.45. The van der Waals surface area contributed by atoms with E-state index in [2.05, 4.69) is 54.5 Å². The molecule has 0 aromatic heterocycles. The van der Waals surface area contributed by atoms with Crippen molar-refractivity contribution in [2.24, 2.45) is 5.92 Å². The highest BCUT2D eigenvalue weighted by atomic mass is 15.1. The maximum absolute atomic E-state index is 3.81. The molecule has 0 spiro atoms. The molecule has 2 rings (SSSR count). The summed E-state index contributed by atoms with van der Waals surface area (Å²) in [5, 5.41) is 3.81. The summed E-state index contributed by atoms with van der Waals surface area (Å²) in [5.74, 6) is 0.831. The molecule has 2 atom stereocenters. The van der Waals surface area contributed by atoms with Crippen LogP contribution in [-0.4, -0.2) is 31.6 Å². The van der Waals surface area contributed by atoms with Crippen molar-refractivity contribution in [3.63, 3.8) is 0 Å². The predicted octanol–water partition coefficient (Wildman–Crippen LogP) is 3.46. The standard InChI is InChI=1S/C17H28N2/c1-3-4-10-17(16-8-6-5-7-9-16)18-13-15-11-12-19(2)14-15/h5-9,15,17-18H,3-4,10-14H2,1-2H3. The molecular formula is C17H28N2. The third kappa shape index (κ3) is 4.63. The molecule has 1 saturated heterocycles. The highest BCUT2D eigenvalue weighted by Gasteiger charge is 2.20. The Kier molecular flexibility index (Phi) is 5.87. The minimum atomic E-state index is 0.534. The number of hydrogen-bond acceptors (Lipinski definition) is 2. The minimum Gasteiger partial charge on any atom is -0.310 e. The Morgan fingerprint density at radius 3 is 2.74 bits per heavy atom. The molecule has 0 bridgehead atoms. The fraction of sp³-hybridized carbons (Fsp3) is 0.647. The van der Waals surface area contributed by atoms with Crippen LogP contribution in [0.5, 0.6) is 0 Å². The monoisotopic (exact) mass is 260 g/mol. The molecule has 2 nitrogen and oxygen atoms in total. The van der Waals surface area contributed by atoms with Crippen molar-refractivity contribution in [1.29, 1.82) is 0 Å². The SMILES string of the molecule is CCCCC(NCC1CCN(C)C1)c1ccccc1. The van der Waals surface area contributed by atoms with Crippen molar-refractivity contribution < 1.29 is 0 Å². The first-order chi connectivity index (χ1) is 9.29. The number of benzene rings is 1. The van der Waals surface area contributed by atoms with Crippen LogP contribution < -0.4 is 5.32 Å². The summed E-state index contributed by atoms with van der Waals surface area (Å²) >= 11 is 0. The summed E-state index contributed by atoms with van der Waals surface area (Å²) < 4.78 is 0. The van der Waals surface area contributed by atoms with E-state index in [1.807, 2.05) is 0 Å². The van der Waals surface area contributed by atoms with Gasteiger partial charge in [-0.2, -0.15) is 0 Å². The van der Waals surface area contributed by atoms with Gasteiger partial charge in [0.1, 0.15) is 0 Å². The summed E-state index contributed by atoms with van der Waals surface area (Å²) in [6.45, 7) is 5.95. The van der Waals surface area contributed by atoms with E-state index in [0.717, 1.165) is 12.5 Å². The second-order valence-corrected chi connectivity index (χ2v) is 5.93. The molecule has 19 heavy (non-hydrogen) atoms. The van der Waals surface area contributed by atoms with Crippen molar-refractivity contribution in [2.45, 2.75) is 38.6 Å². The fourth-order valence-electron chi connectivity index (χ4n) is 2.98. The lowest BCUT2D eigenvalue weighted by Crippen LogP contribution is -2.28. The van der Waals surface area contributed by atoms with Crippen LogP contribution in [0.25, 0.3) is 0 Å². The van der Waals surface area contributed by atoms with Gasteiger partial charge < -0.3 is 10.2 Å². The van der Waals surface area contributed by atoms with Gasteiger partial charge >= 0.3 is 0 Å². The van der Waals surface area contributed by atoms with Crippen LogP contribution in [0, 0.1) is 5.92 Å². The van der Waals surface area contributed by atoms with Gasteiger partial charge in [0.25, 0.3) is 0 Å². The molecule has 106 valence electrons. The third-order valence-electron chi connectivity index (χ3n) is 4.19. The number of likely N-dealkylation sites (tertiary alicyclic amines) is 1. The Morgan fingerprint density at radius 1 is 1.32 bits per heavy atom. The van der Waals surface area contributed by atoms with Gasteiger partial charge in [-0.1, -0.05) is 50.1 Å². The van der Waals surface area contributed by atoms with Crippen molar-refractivity contribution in [3.05, 3.63) is 35.9 Å². The first-order valence-electron chi connectivity index (χ1n) is 7.76. The second-order valence-electron chi connectivity index (χ2n) is 5.93. The largest absolute Gasteiger partial charge is 0.310 e. The highest BCUT2D eigenvalue weighted by molar-refractivity contribution is 5.18. The second kappa shape index (κ2) is 7.66. The Labute approximate surface area is 118 Å². The molecule has 1 aliphatic heterocycles. The van der Waals surface area contributed by atoms with E-state index in [-0.39, 0.29) is 0 Å². The Morgan fingerprint density at radius 2 is 2.11 bits per heavy atom. The lowest BCUT2D eigenvalue weighted by Gasteiger charge is -2.21. The molecule has 0 amide bonds. The first-order valence-corrected chi connectivity index (χ1v) is 7.76. The Balaban J connectivity index is 1.87. The first kappa shape index (κ1) is 14.5. The number of rotatable bonds is 7. The quantitative estimate of drug-likeness (QED) is 0.807. The van der Waals surface area contributed by atoms with Crippen LogP contribution >= 0.6 is 0 Å². The average Bonchev–Trinajstić information content (AvgIpc) is 2.86.